The summed E-state index contributed by atoms with van der Waals surface area (Å²) in [5.74, 6) is 0. The highest BCUT2D eigenvalue weighted by Gasteiger charge is 2.15. The van der Waals surface area contributed by atoms with Gasteiger partial charge in [0.1, 0.15) is 0 Å². The van der Waals surface area contributed by atoms with Gasteiger partial charge in [-0.05, 0) is 43.9 Å². The summed E-state index contributed by atoms with van der Waals surface area (Å²) in [5, 5.41) is 3.39. The zero-order chi connectivity index (χ0) is 11.4. The average Bonchev–Trinajstić information content (AvgIpc) is 2.31. The zero-order valence-corrected chi connectivity index (χ0v) is 10.4. The van der Waals surface area contributed by atoms with Gasteiger partial charge < -0.3 is 10.2 Å². The second kappa shape index (κ2) is 5.24. The Morgan fingerprint density at radius 1 is 1.31 bits per heavy atom. The normalized spacial score (nSPS) is 14.8. The number of aryl methyl sites for hydroxylation is 1. The maximum Gasteiger partial charge on any atom is 0.0419 e. The molecule has 1 aliphatic rings. The van der Waals surface area contributed by atoms with Gasteiger partial charge in [-0.25, -0.2) is 0 Å². The van der Waals surface area contributed by atoms with Crippen LogP contribution in [-0.4, -0.2) is 19.6 Å². The number of nitrogens with zero attached hydrogens (tertiary/aromatic N) is 1. The fourth-order valence-corrected chi connectivity index (χ4v) is 2.47. The molecule has 0 aromatic heterocycles. The Kier molecular flexibility index (Phi) is 3.70. The van der Waals surface area contributed by atoms with Gasteiger partial charge in [0.25, 0.3) is 0 Å². The smallest absolute Gasteiger partial charge is 0.0419 e. The highest BCUT2D eigenvalue weighted by Crippen LogP contribution is 2.29. The molecule has 88 valence electrons. The monoisotopic (exact) mass is 218 g/mol. The average molecular weight is 218 g/mol. The predicted octanol–water partition coefficient (Wildman–Crippen LogP) is 3.28. The Hall–Kier alpha value is -1.18. The molecule has 0 spiro atoms. The van der Waals surface area contributed by atoms with Crippen LogP contribution in [0.4, 0.5) is 11.4 Å². The molecule has 0 aliphatic carbocycles. The summed E-state index contributed by atoms with van der Waals surface area (Å²) in [5.41, 5.74) is 4.22. The van der Waals surface area contributed by atoms with E-state index in [1.165, 1.54) is 49.3 Å². The van der Waals surface area contributed by atoms with E-state index < -0.39 is 0 Å². The first kappa shape index (κ1) is 11.3. The van der Waals surface area contributed by atoms with E-state index in [2.05, 4.69) is 42.3 Å². The third-order valence-electron chi connectivity index (χ3n) is 3.17. The quantitative estimate of drug-likeness (QED) is 0.834. The summed E-state index contributed by atoms with van der Waals surface area (Å²) in [4.78, 5) is 2.53. The number of nitrogens with one attached hydrogen (secondary N) is 1. The van der Waals surface area contributed by atoms with Gasteiger partial charge in [-0.1, -0.05) is 13.0 Å². The Balaban J connectivity index is 2.25. The second-order valence-electron chi connectivity index (χ2n) is 4.46. The Morgan fingerprint density at radius 2 is 2.19 bits per heavy atom. The van der Waals surface area contributed by atoms with Crippen LogP contribution >= 0.6 is 0 Å². The largest absolute Gasteiger partial charge is 0.385 e. The molecule has 1 N–H and O–H groups in total. The molecular formula is C14H22N2. The fourth-order valence-electron chi connectivity index (χ4n) is 2.47. The molecule has 0 amide bonds. The van der Waals surface area contributed by atoms with E-state index in [0.717, 1.165) is 6.54 Å². The van der Waals surface area contributed by atoms with Gasteiger partial charge in [-0.15, -0.1) is 0 Å². The van der Waals surface area contributed by atoms with E-state index in [4.69, 9.17) is 0 Å². The molecule has 0 atom stereocenters. The number of hydrogen-bond donors (Lipinski definition) is 1. The topological polar surface area (TPSA) is 15.3 Å². The molecule has 1 aromatic carbocycles. The molecular weight excluding hydrogens is 196 g/mol. The highest BCUT2D eigenvalue weighted by atomic mass is 15.1. The van der Waals surface area contributed by atoms with E-state index in [1.54, 1.807) is 0 Å². The summed E-state index contributed by atoms with van der Waals surface area (Å²) in [6.45, 7) is 7.79. The minimum atomic E-state index is 0.993. The van der Waals surface area contributed by atoms with Crippen LogP contribution in [-0.2, 0) is 6.42 Å². The van der Waals surface area contributed by atoms with Gasteiger partial charge in [0.05, 0.1) is 0 Å². The lowest BCUT2D eigenvalue weighted by Crippen LogP contribution is -2.30. The van der Waals surface area contributed by atoms with Crippen LogP contribution in [0.15, 0.2) is 18.2 Å². The van der Waals surface area contributed by atoms with Crippen molar-refractivity contribution < 1.29 is 0 Å². The first-order chi connectivity index (χ1) is 7.85. The van der Waals surface area contributed by atoms with Crippen molar-refractivity contribution in [1.82, 2.24) is 0 Å². The molecule has 0 fully saturated rings. The first-order valence-electron chi connectivity index (χ1n) is 6.47. The van der Waals surface area contributed by atoms with Gasteiger partial charge in [0.2, 0.25) is 0 Å². The van der Waals surface area contributed by atoms with Crippen molar-refractivity contribution in [2.24, 2.45) is 0 Å². The number of rotatable bonds is 4. The molecule has 0 saturated heterocycles. The van der Waals surface area contributed by atoms with Crippen LogP contribution in [0.25, 0.3) is 0 Å². The summed E-state index contributed by atoms with van der Waals surface area (Å²) in [6.07, 6.45) is 3.76. The van der Waals surface area contributed by atoms with E-state index in [1.807, 2.05) is 0 Å². The van der Waals surface area contributed by atoms with E-state index in [0.29, 0.717) is 0 Å². The molecule has 0 unspecified atom stereocenters. The van der Waals surface area contributed by atoms with Crippen LogP contribution in [0.5, 0.6) is 0 Å². The van der Waals surface area contributed by atoms with Crippen LogP contribution in [0.3, 0.4) is 0 Å². The van der Waals surface area contributed by atoms with Gasteiger partial charge >= 0.3 is 0 Å². The predicted molar refractivity (Wildman–Crippen MR) is 71.4 cm³/mol. The van der Waals surface area contributed by atoms with Gasteiger partial charge in [-0.3, -0.25) is 0 Å². The molecule has 0 radical (unpaired) electrons. The van der Waals surface area contributed by atoms with Gasteiger partial charge in [-0.2, -0.15) is 0 Å². The number of benzene rings is 1. The SMILES string of the molecule is CCCN1CCCc2ccc(NCC)cc21. The molecule has 16 heavy (non-hydrogen) atoms. The van der Waals surface area contributed by atoms with Crippen molar-refractivity contribution in [1.29, 1.82) is 0 Å². The van der Waals surface area contributed by atoms with E-state index >= 15 is 0 Å². The van der Waals surface area contributed by atoms with Crippen LogP contribution < -0.4 is 10.2 Å². The molecule has 0 bridgehead atoms. The molecule has 1 heterocycles. The summed E-state index contributed by atoms with van der Waals surface area (Å²) in [7, 11) is 0. The molecule has 2 heteroatoms. The summed E-state index contributed by atoms with van der Waals surface area (Å²) < 4.78 is 0. The second-order valence-corrected chi connectivity index (χ2v) is 4.46. The Bertz CT molecular complexity index is 347. The summed E-state index contributed by atoms with van der Waals surface area (Å²) in [6, 6.07) is 6.81. The van der Waals surface area contributed by atoms with Crippen molar-refractivity contribution in [3.8, 4) is 0 Å². The molecule has 2 rings (SSSR count). The van der Waals surface area contributed by atoms with Crippen LogP contribution in [0, 0.1) is 0 Å². The maximum absolute atomic E-state index is 3.39. The van der Waals surface area contributed by atoms with Crippen molar-refractivity contribution in [2.45, 2.75) is 33.1 Å². The maximum atomic E-state index is 3.39. The van der Waals surface area contributed by atoms with Crippen LogP contribution in [0.1, 0.15) is 32.3 Å². The minimum absolute atomic E-state index is 0.993. The number of hydrogen-bond acceptors (Lipinski definition) is 2. The standard InChI is InChI=1S/C14H22N2/c1-3-9-16-10-5-6-12-7-8-13(15-4-2)11-14(12)16/h7-8,11,15H,3-6,9-10H2,1-2H3. The fraction of sp³-hybridized carbons (Fsp3) is 0.571. The molecule has 1 aromatic rings. The Morgan fingerprint density at radius 3 is 2.94 bits per heavy atom. The van der Waals surface area contributed by atoms with Crippen molar-refractivity contribution >= 4 is 11.4 Å². The third kappa shape index (κ3) is 2.31. The van der Waals surface area contributed by atoms with Gasteiger partial charge in [0.15, 0.2) is 0 Å². The zero-order valence-electron chi connectivity index (χ0n) is 10.4. The lowest BCUT2D eigenvalue weighted by atomic mass is 10.0. The molecule has 2 nitrogen and oxygen atoms in total. The van der Waals surface area contributed by atoms with E-state index in [-0.39, 0.29) is 0 Å². The number of fused-ring (bicyclic) bond motifs is 1. The van der Waals surface area contributed by atoms with Crippen molar-refractivity contribution in [3.05, 3.63) is 23.8 Å². The van der Waals surface area contributed by atoms with Gasteiger partial charge in [0, 0.05) is 31.0 Å². The first-order valence-corrected chi connectivity index (χ1v) is 6.47. The molecule has 1 aliphatic heterocycles. The minimum Gasteiger partial charge on any atom is -0.385 e. The molecule has 0 saturated carbocycles. The lowest BCUT2D eigenvalue weighted by molar-refractivity contribution is 0.681. The summed E-state index contributed by atoms with van der Waals surface area (Å²) >= 11 is 0. The highest BCUT2D eigenvalue weighted by molar-refractivity contribution is 5.64. The third-order valence-corrected chi connectivity index (χ3v) is 3.17. The lowest BCUT2D eigenvalue weighted by Gasteiger charge is -2.31. The Labute approximate surface area is 98.7 Å². The number of anilines is 2. The van der Waals surface area contributed by atoms with E-state index in [9.17, 15) is 0 Å². The van der Waals surface area contributed by atoms with Crippen LogP contribution in [0.2, 0.25) is 0 Å². The van der Waals surface area contributed by atoms with Crippen molar-refractivity contribution in [2.75, 3.05) is 29.9 Å². The van der Waals surface area contributed by atoms with Crippen molar-refractivity contribution in [3.63, 3.8) is 0 Å².